The topological polar surface area (TPSA) is 26.0 Å². The van der Waals surface area contributed by atoms with Crippen LogP contribution in [0.1, 0.15) is 31.2 Å². The summed E-state index contributed by atoms with van der Waals surface area (Å²) >= 11 is 0. The van der Waals surface area contributed by atoms with Gasteiger partial charge in [-0.15, -0.1) is 0 Å². The van der Waals surface area contributed by atoms with E-state index in [9.17, 15) is 4.39 Å². The molecular formula is C12H16FN. The van der Waals surface area contributed by atoms with Crippen molar-refractivity contribution in [2.45, 2.75) is 32.1 Å². The highest BCUT2D eigenvalue weighted by Gasteiger charge is 2.16. The molecule has 2 rings (SSSR count). The Hall–Kier alpha value is -1.05. The zero-order chi connectivity index (χ0) is 9.97. The van der Waals surface area contributed by atoms with Crippen LogP contribution in [-0.4, -0.2) is 0 Å². The summed E-state index contributed by atoms with van der Waals surface area (Å²) in [7, 11) is 0. The van der Waals surface area contributed by atoms with Gasteiger partial charge in [-0.25, -0.2) is 4.39 Å². The van der Waals surface area contributed by atoms with Crippen LogP contribution in [-0.2, 0) is 6.42 Å². The van der Waals surface area contributed by atoms with Crippen molar-refractivity contribution < 1.29 is 4.39 Å². The fourth-order valence-corrected chi connectivity index (χ4v) is 2.28. The SMILES string of the molecule is Nc1ccc(F)cc1CC1CCCC1. The molecule has 0 amide bonds. The molecule has 2 heteroatoms. The molecule has 1 fully saturated rings. The third-order valence-electron chi connectivity index (χ3n) is 3.09. The van der Waals surface area contributed by atoms with E-state index >= 15 is 0 Å². The van der Waals surface area contributed by atoms with Crippen LogP contribution in [0.4, 0.5) is 10.1 Å². The molecule has 1 aromatic rings. The Morgan fingerprint density at radius 2 is 2.00 bits per heavy atom. The minimum atomic E-state index is -0.174. The van der Waals surface area contributed by atoms with Crippen LogP contribution in [0, 0.1) is 11.7 Å². The van der Waals surface area contributed by atoms with E-state index in [0.29, 0.717) is 0 Å². The Balaban J connectivity index is 2.10. The zero-order valence-corrected chi connectivity index (χ0v) is 8.30. The highest BCUT2D eigenvalue weighted by Crippen LogP contribution is 2.29. The van der Waals surface area contributed by atoms with Crippen LogP contribution in [0.2, 0.25) is 0 Å². The summed E-state index contributed by atoms with van der Waals surface area (Å²) in [6, 6.07) is 4.67. The van der Waals surface area contributed by atoms with Gasteiger partial charge < -0.3 is 5.73 Å². The first-order chi connectivity index (χ1) is 6.75. The van der Waals surface area contributed by atoms with Crippen molar-refractivity contribution in [2.75, 3.05) is 5.73 Å². The Bertz CT molecular complexity index is 316. The summed E-state index contributed by atoms with van der Waals surface area (Å²) in [4.78, 5) is 0. The second kappa shape index (κ2) is 3.99. The maximum atomic E-state index is 13.0. The molecular weight excluding hydrogens is 177 g/mol. The molecule has 0 aliphatic heterocycles. The monoisotopic (exact) mass is 193 g/mol. The smallest absolute Gasteiger partial charge is 0.123 e. The highest BCUT2D eigenvalue weighted by molar-refractivity contribution is 5.46. The van der Waals surface area contributed by atoms with Gasteiger partial charge in [0.15, 0.2) is 0 Å². The van der Waals surface area contributed by atoms with E-state index in [1.165, 1.54) is 31.7 Å². The predicted molar refractivity (Wildman–Crippen MR) is 56.5 cm³/mol. The minimum absolute atomic E-state index is 0.174. The standard InChI is InChI=1S/C12H16FN/c13-11-5-6-12(14)10(8-11)7-9-3-1-2-4-9/h5-6,8-9H,1-4,7,14H2. The lowest BCUT2D eigenvalue weighted by molar-refractivity contribution is 0.543. The van der Waals surface area contributed by atoms with Gasteiger partial charge in [0, 0.05) is 5.69 Å². The molecule has 0 bridgehead atoms. The Morgan fingerprint density at radius 3 is 2.71 bits per heavy atom. The number of anilines is 1. The van der Waals surface area contributed by atoms with Gasteiger partial charge >= 0.3 is 0 Å². The first-order valence-electron chi connectivity index (χ1n) is 5.29. The van der Waals surface area contributed by atoms with Crippen LogP contribution < -0.4 is 5.73 Å². The van der Waals surface area contributed by atoms with Crippen molar-refractivity contribution in [3.63, 3.8) is 0 Å². The van der Waals surface area contributed by atoms with Crippen LogP contribution in [0.3, 0.4) is 0 Å². The summed E-state index contributed by atoms with van der Waals surface area (Å²) in [6.45, 7) is 0. The van der Waals surface area contributed by atoms with Crippen LogP contribution in [0.15, 0.2) is 18.2 Å². The molecule has 0 aromatic heterocycles. The first kappa shape index (κ1) is 9.50. The maximum Gasteiger partial charge on any atom is 0.123 e. The van der Waals surface area contributed by atoms with Crippen LogP contribution in [0.5, 0.6) is 0 Å². The predicted octanol–water partition coefficient (Wildman–Crippen LogP) is 3.14. The lowest BCUT2D eigenvalue weighted by Gasteiger charge is -2.10. The van der Waals surface area contributed by atoms with Crippen molar-refractivity contribution in [1.29, 1.82) is 0 Å². The molecule has 0 heterocycles. The van der Waals surface area contributed by atoms with E-state index in [4.69, 9.17) is 5.73 Å². The van der Waals surface area contributed by atoms with Gasteiger partial charge in [-0.3, -0.25) is 0 Å². The average Bonchev–Trinajstić information content (AvgIpc) is 2.64. The molecule has 1 aromatic carbocycles. The molecule has 0 atom stereocenters. The highest BCUT2D eigenvalue weighted by atomic mass is 19.1. The second-order valence-corrected chi connectivity index (χ2v) is 4.20. The number of nitrogen functional groups attached to an aromatic ring is 1. The van der Waals surface area contributed by atoms with Gasteiger partial charge in [-0.2, -0.15) is 0 Å². The quantitative estimate of drug-likeness (QED) is 0.717. The normalized spacial score (nSPS) is 17.5. The van der Waals surface area contributed by atoms with Crippen LogP contribution >= 0.6 is 0 Å². The van der Waals surface area contributed by atoms with E-state index in [1.807, 2.05) is 0 Å². The lowest BCUT2D eigenvalue weighted by Crippen LogP contribution is -2.02. The fraction of sp³-hybridized carbons (Fsp3) is 0.500. The third kappa shape index (κ3) is 2.06. The van der Waals surface area contributed by atoms with E-state index in [0.717, 1.165) is 23.6 Å². The molecule has 0 spiro atoms. The van der Waals surface area contributed by atoms with E-state index in [2.05, 4.69) is 0 Å². The summed E-state index contributed by atoms with van der Waals surface area (Å²) in [5.41, 5.74) is 7.52. The van der Waals surface area contributed by atoms with Crippen molar-refractivity contribution in [3.05, 3.63) is 29.6 Å². The summed E-state index contributed by atoms with van der Waals surface area (Å²) in [5, 5.41) is 0. The van der Waals surface area contributed by atoms with Gasteiger partial charge in [0.25, 0.3) is 0 Å². The first-order valence-corrected chi connectivity index (χ1v) is 5.29. The minimum Gasteiger partial charge on any atom is -0.399 e. The largest absolute Gasteiger partial charge is 0.399 e. The molecule has 1 aliphatic rings. The van der Waals surface area contributed by atoms with E-state index < -0.39 is 0 Å². The fourth-order valence-electron chi connectivity index (χ4n) is 2.28. The van der Waals surface area contributed by atoms with Gasteiger partial charge in [-0.05, 0) is 36.1 Å². The number of benzene rings is 1. The number of rotatable bonds is 2. The molecule has 76 valence electrons. The van der Waals surface area contributed by atoms with Gasteiger partial charge in [0.05, 0.1) is 0 Å². The molecule has 0 radical (unpaired) electrons. The number of hydrogen-bond donors (Lipinski definition) is 1. The molecule has 2 N–H and O–H groups in total. The molecule has 0 saturated heterocycles. The summed E-state index contributed by atoms with van der Waals surface area (Å²) in [5.74, 6) is 0.547. The Morgan fingerprint density at radius 1 is 1.29 bits per heavy atom. The Kier molecular flexibility index (Phi) is 2.71. The number of nitrogens with two attached hydrogens (primary N) is 1. The summed E-state index contributed by atoms with van der Waals surface area (Å²) < 4.78 is 13.0. The van der Waals surface area contributed by atoms with Crippen molar-refractivity contribution in [3.8, 4) is 0 Å². The van der Waals surface area contributed by atoms with E-state index in [1.54, 1.807) is 12.1 Å². The number of halogens is 1. The molecule has 0 unspecified atom stereocenters. The molecule has 1 saturated carbocycles. The average molecular weight is 193 g/mol. The maximum absolute atomic E-state index is 13.0. The third-order valence-corrected chi connectivity index (χ3v) is 3.09. The van der Waals surface area contributed by atoms with Crippen molar-refractivity contribution in [2.24, 2.45) is 5.92 Å². The molecule has 14 heavy (non-hydrogen) atoms. The van der Waals surface area contributed by atoms with Gasteiger partial charge in [-0.1, -0.05) is 25.7 Å². The van der Waals surface area contributed by atoms with E-state index in [-0.39, 0.29) is 5.82 Å². The van der Waals surface area contributed by atoms with Gasteiger partial charge in [0.1, 0.15) is 5.82 Å². The molecule has 1 nitrogen and oxygen atoms in total. The van der Waals surface area contributed by atoms with Crippen molar-refractivity contribution >= 4 is 5.69 Å². The Labute approximate surface area is 84.1 Å². The zero-order valence-electron chi connectivity index (χ0n) is 8.30. The van der Waals surface area contributed by atoms with Crippen molar-refractivity contribution in [1.82, 2.24) is 0 Å². The summed E-state index contributed by atoms with van der Waals surface area (Å²) in [6.07, 6.45) is 6.13. The van der Waals surface area contributed by atoms with Gasteiger partial charge in [0.2, 0.25) is 0 Å². The van der Waals surface area contributed by atoms with Crippen LogP contribution in [0.25, 0.3) is 0 Å². The molecule has 1 aliphatic carbocycles. The lowest BCUT2D eigenvalue weighted by atomic mass is 9.97. The second-order valence-electron chi connectivity index (χ2n) is 4.20. The number of hydrogen-bond acceptors (Lipinski definition) is 1.